The number of carbonyl (C=O) groups excluding carboxylic acids is 1. The van der Waals surface area contributed by atoms with Crippen molar-refractivity contribution in [1.82, 2.24) is 0 Å². The molecule has 0 spiro atoms. The minimum Gasteiger partial charge on any atom is -0.287 e. The zero-order chi connectivity index (χ0) is 83.4. The van der Waals surface area contributed by atoms with Crippen molar-refractivity contribution in [3.05, 3.63) is 473 Å². The smallest absolute Gasteiger partial charge is 0.190 e. The van der Waals surface area contributed by atoms with Gasteiger partial charge in [-0.1, -0.05) is 444 Å². The SMILES string of the molecule is BrCc1ccccc1I.CC(=O)Sc1ccccc1CSCc1ccccc1.Ic1ccccc1CSCc1ccccc1.O=S(=O)(Cc1ccccc1)Cc1ccccc1SSCc1ccccc1.O=S(Cc1ccccc1)Cc1ccccc1SSCc1ccccc1.c1ccc(CSCc2ccccc2SSCc2ccccc2)cc1. The molecule has 0 N–H and O–H groups in total. The average Bonchev–Trinajstić information content (AvgIpc) is 0.846. The van der Waals surface area contributed by atoms with Gasteiger partial charge in [0.15, 0.2) is 15.0 Å². The van der Waals surface area contributed by atoms with Crippen molar-refractivity contribution in [2.75, 3.05) is 0 Å². The van der Waals surface area contributed by atoms with Crippen molar-refractivity contribution in [3.63, 3.8) is 0 Å². The van der Waals surface area contributed by atoms with E-state index in [0.717, 1.165) is 83.6 Å². The van der Waals surface area contributed by atoms with E-state index in [1.165, 1.54) is 89.9 Å². The van der Waals surface area contributed by atoms with Gasteiger partial charge in [0, 0.05) is 113 Å². The summed E-state index contributed by atoms with van der Waals surface area (Å²) in [7, 11) is 6.66. The zero-order valence-electron chi connectivity index (χ0n) is 66.0. The van der Waals surface area contributed by atoms with Crippen LogP contribution in [0.15, 0.2) is 408 Å². The van der Waals surface area contributed by atoms with Crippen LogP contribution < -0.4 is 0 Å². The molecule has 14 rings (SSSR count). The normalized spacial score (nSPS) is 10.9. The fourth-order valence-electron chi connectivity index (χ4n) is 11.1. The maximum Gasteiger partial charge on any atom is 0.190 e. The molecule has 0 bridgehead atoms. The number of halogens is 3. The Morgan fingerprint density at radius 1 is 0.286 bits per heavy atom. The van der Waals surface area contributed by atoms with Gasteiger partial charge >= 0.3 is 0 Å². The molecule has 1 atom stereocenters. The van der Waals surface area contributed by atoms with Crippen LogP contribution in [0.5, 0.6) is 0 Å². The van der Waals surface area contributed by atoms with E-state index in [0.29, 0.717) is 11.5 Å². The minimum atomic E-state index is -3.21. The number of rotatable bonds is 34. The Labute approximate surface area is 786 Å². The molecule has 4 nitrogen and oxygen atoms in total. The van der Waals surface area contributed by atoms with Crippen LogP contribution in [-0.4, -0.2) is 17.7 Å². The third kappa shape index (κ3) is 40.2. The van der Waals surface area contributed by atoms with Gasteiger partial charge < -0.3 is 0 Å². The van der Waals surface area contributed by atoms with Crippen molar-refractivity contribution in [1.29, 1.82) is 0 Å². The number of carbonyl (C=O) groups is 1. The molecule has 612 valence electrons. The van der Waals surface area contributed by atoms with E-state index in [2.05, 4.69) is 304 Å². The van der Waals surface area contributed by atoms with Crippen LogP contribution in [0.25, 0.3) is 0 Å². The third-order valence-electron chi connectivity index (χ3n) is 17.1. The second-order valence-corrected chi connectivity index (χ2v) is 44.1. The molecular weight excluding hydrogens is 1980 g/mol. The van der Waals surface area contributed by atoms with E-state index in [1.807, 2.05) is 213 Å². The molecule has 0 saturated carbocycles. The summed E-state index contributed by atoms with van der Waals surface area (Å²) in [5.74, 6) is 10.5. The van der Waals surface area contributed by atoms with Crippen LogP contribution in [0.2, 0.25) is 0 Å². The third-order valence-corrected chi connectivity index (χ3v) is 33.8. The predicted molar refractivity (Wildman–Crippen MR) is 553 cm³/mol. The summed E-state index contributed by atoms with van der Waals surface area (Å²) in [6.07, 6.45) is 0. The second-order valence-electron chi connectivity index (χ2n) is 26.5. The van der Waals surface area contributed by atoms with E-state index < -0.39 is 20.6 Å². The topological polar surface area (TPSA) is 68.3 Å². The largest absolute Gasteiger partial charge is 0.287 e. The van der Waals surface area contributed by atoms with Crippen LogP contribution in [0.4, 0.5) is 0 Å². The molecule has 0 radical (unpaired) electrons. The van der Waals surface area contributed by atoms with Gasteiger partial charge in [-0.2, -0.15) is 35.3 Å². The molecule has 0 aliphatic carbocycles. The number of benzene rings is 14. The summed E-state index contributed by atoms with van der Waals surface area (Å²) in [5.41, 5.74) is 17.6. The molecule has 1 unspecified atom stereocenters. The molecule has 14 aromatic rings. The summed E-state index contributed by atoms with van der Waals surface area (Å²) < 4.78 is 40.4. The first-order chi connectivity index (χ1) is 58.3. The van der Waals surface area contributed by atoms with E-state index in [9.17, 15) is 17.4 Å². The Balaban J connectivity index is 0.000000166. The van der Waals surface area contributed by atoms with E-state index in [1.54, 1.807) is 39.3 Å². The highest BCUT2D eigenvalue weighted by Crippen LogP contribution is 2.40. The van der Waals surface area contributed by atoms with Crippen LogP contribution in [0.3, 0.4) is 0 Å². The first-order valence-corrected chi connectivity index (χ1v) is 56.1. The summed E-state index contributed by atoms with van der Waals surface area (Å²) >= 11 is 15.3. The molecule has 119 heavy (non-hydrogen) atoms. The second kappa shape index (κ2) is 58.4. The quantitative estimate of drug-likeness (QED) is 0.0166. The maximum absolute atomic E-state index is 12.6. The fraction of sp³-hybridized carbons (Fsp3) is 0.150. The van der Waals surface area contributed by atoms with Gasteiger partial charge in [-0.05, 0) is 159 Å². The standard InChI is InChI=1S/C21H20O2S3.C21H20OS3.C21H20S3.C16H16OS2.C14H13IS.C7H6BrI/c22-26(23,16-19-11-5-2-6-12-19)17-20-13-7-8-14-21(20)25-24-15-18-9-3-1-4-10-18;22-25(16-19-11-5-2-6-12-19)17-20-13-7-8-14-21(20)24-23-15-18-9-3-1-4-10-18;1-3-9-18(10-4-1)15-22-17-20-13-7-8-14-21(20)24-23-16-19-11-5-2-6-12-19;1-13(17)19-16-10-6-5-9-15(16)12-18-11-14-7-3-2-4-8-14;15-14-9-5-4-8-13(14)11-16-10-12-6-2-1-3-7-12;8-5-6-3-1-2-4-7(6)9/h1-14H,15-17H2;1-14H,15-17H2;1-14H,15-17H2;2-10H,11-12H2,1H3;1-9H,10-11H2;1-4H,5H2. The number of thioether (sulfide) groups is 4. The highest BCUT2D eigenvalue weighted by Gasteiger charge is 2.17. The lowest BCUT2D eigenvalue weighted by atomic mass is 10.2. The molecule has 0 amide bonds. The number of hydrogen-bond acceptors (Lipinski definition) is 14. The molecule has 0 saturated heterocycles. The highest BCUT2D eigenvalue weighted by atomic mass is 127. The molecule has 0 aliphatic heterocycles. The molecule has 0 heterocycles. The predicted octanol–water partition coefficient (Wildman–Crippen LogP) is 31.5. The van der Waals surface area contributed by atoms with Crippen LogP contribution in [0, 0.1) is 7.14 Å². The molecular formula is C100H95BrI2O4S12. The van der Waals surface area contributed by atoms with Crippen molar-refractivity contribution in [2.24, 2.45) is 0 Å². The summed E-state index contributed by atoms with van der Waals surface area (Å²) in [6.45, 7) is 1.61. The lowest BCUT2D eigenvalue weighted by Crippen LogP contribution is -2.08. The Morgan fingerprint density at radius 3 is 0.916 bits per heavy atom. The molecule has 14 aromatic carbocycles. The van der Waals surface area contributed by atoms with Gasteiger partial charge in [-0.15, -0.1) is 0 Å². The summed E-state index contributed by atoms with van der Waals surface area (Å²) in [6, 6.07) is 132. The van der Waals surface area contributed by atoms with E-state index >= 15 is 0 Å². The molecule has 19 heteroatoms. The Bertz CT molecular complexity index is 5230. The maximum atomic E-state index is 12.6. The van der Waals surface area contributed by atoms with Gasteiger partial charge in [-0.25, -0.2) is 8.42 Å². The van der Waals surface area contributed by atoms with Crippen LogP contribution >= 0.6 is 173 Å². The molecule has 0 aromatic heterocycles. The average molecular weight is 2080 g/mol. The summed E-state index contributed by atoms with van der Waals surface area (Å²) in [4.78, 5) is 15.9. The Hall–Kier alpha value is -5.71. The molecule has 0 aliphatic rings. The van der Waals surface area contributed by atoms with Crippen molar-refractivity contribution < 1.29 is 17.4 Å². The first kappa shape index (κ1) is 97.1. The Morgan fingerprint density at radius 2 is 0.555 bits per heavy atom. The van der Waals surface area contributed by atoms with Gasteiger partial charge in [0.05, 0.1) is 11.5 Å². The first-order valence-electron chi connectivity index (χ1n) is 38.3. The van der Waals surface area contributed by atoms with Gasteiger partial charge in [-0.3, -0.25) is 9.00 Å². The Kier molecular flexibility index (Phi) is 47.7. The van der Waals surface area contributed by atoms with Gasteiger partial charge in [0.1, 0.15) is 0 Å². The lowest BCUT2D eigenvalue weighted by molar-refractivity contribution is -0.109. The molecule has 0 fully saturated rings. The highest BCUT2D eigenvalue weighted by molar-refractivity contribution is 14.1. The van der Waals surface area contributed by atoms with E-state index in [-0.39, 0.29) is 16.6 Å². The van der Waals surface area contributed by atoms with Crippen LogP contribution in [-0.2, 0) is 106 Å². The van der Waals surface area contributed by atoms with E-state index in [4.69, 9.17) is 0 Å². The van der Waals surface area contributed by atoms with Crippen molar-refractivity contribution in [2.45, 2.75) is 107 Å². The number of alkyl halides is 1. The van der Waals surface area contributed by atoms with Gasteiger partial charge in [0.25, 0.3) is 0 Å². The monoisotopic (exact) mass is 2080 g/mol. The summed E-state index contributed by atoms with van der Waals surface area (Å²) in [5, 5.41) is 1.09. The van der Waals surface area contributed by atoms with Crippen LogP contribution in [0.1, 0.15) is 84.8 Å². The number of hydrogen-bond donors (Lipinski definition) is 0. The van der Waals surface area contributed by atoms with Gasteiger partial charge in [0.2, 0.25) is 0 Å². The lowest BCUT2D eigenvalue weighted by Gasteiger charge is -2.10. The zero-order valence-corrected chi connectivity index (χ0v) is 81.7. The number of sulfone groups is 1. The fourth-order valence-corrected chi connectivity index (χ4v) is 27.4. The van der Waals surface area contributed by atoms with Crippen molar-refractivity contribution in [3.8, 4) is 0 Å². The van der Waals surface area contributed by atoms with Crippen molar-refractivity contribution >= 4 is 199 Å². The minimum absolute atomic E-state index is 0.0664.